The topological polar surface area (TPSA) is 56.7 Å². The molecule has 6 heteroatoms. The molecular formula is C58H34N4OS. The molecule has 64 heavy (non-hydrogen) atoms. The third-order valence-electron chi connectivity index (χ3n) is 13.1. The van der Waals surface area contributed by atoms with Gasteiger partial charge in [-0.3, -0.25) is 0 Å². The Morgan fingerprint density at radius 3 is 1.91 bits per heavy atom. The van der Waals surface area contributed by atoms with E-state index >= 15 is 0 Å². The molecule has 0 bridgehead atoms. The minimum atomic E-state index is 0.630. The van der Waals surface area contributed by atoms with E-state index < -0.39 is 0 Å². The van der Waals surface area contributed by atoms with Crippen molar-refractivity contribution in [2.75, 3.05) is 0 Å². The molecule has 0 aliphatic rings. The molecule has 0 radical (unpaired) electrons. The molecule has 0 aliphatic carbocycles. The summed E-state index contributed by atoms with van der Waals surface area (Å²) in [5, 5.41) is 14.4. The van der Waals surface area contributed by atoms with Crippen LogP contribution in [0.15, 0.2) is 199 Å². The molecule has 14 aromatic rings. The number of benzene rings is 10. The van der Waals surface area contributed by atoms with Gasteiger partial charge < -0.3 is 8.98 Å². The Morgan fingerprint density at radius 1 is 0.391 bits per heavy atom. The molecule has 0 saturated carbocycles. The SMILES string of the molecule is c1ccc(-c2nc(-c3ccc4c(ccc5oc6cccc(Cn7c8cc9ccccc9cc8c8ccc9ccccc9c87)c6c54)c3)nc(-c3ccc4sc5ccccc5c4c3)n2)cc1. The Morgan fingerprint density at radius 2 is 1.05 bits per heavy atom. The van der Waals surface area contributed by atoms with Gasteiger partial charge in [0.2, 0.25) is 0 Å². The molecule has 0 amide bonds. The molecule has 0 saturated heterocycles. The number of nitrogens with zero attached hydrogens (tertiary/aromatic N) is 4. The van der Waals surface area contributed by atoms with Crippen LogP contribution in [0.3, 0.4) is 0 Å². The molecule has 298 valence electrons. The van der Waals surface area contributed by atoms with Gasteiger partial charge in [-0.15, -0.1) is 11.3 Å². The summed E-state index contributed by atoms with van der Waals surface area (Å²) in [6.07, 6.45) is 0. The second-order valence-electron chi connectivity index (χ2n) is 16.7. The third kappa shape index (κ3) is 5.39. The molecule has 5 nitrogen and oxygen atoms in total. The Bertz CT molecular complexity index is 4240. The maximum absolute atomic E-state index is 6.68. The summed E-state index contributed by atoms with van der Waals surface area (Å²) in [5.74, 6) is 1.92. The van der Waals surface area contributed by atoms with Crippen molar-refractivity contribution in [2.45, 2.75) is 6.54 Å². The van der Waals surface area contributed by atoms with E-state index in [0.29, 0.717) is 24.0 Å². The van der Waals surface area contributed by atoms with E-state index in [4.69, 9.17) is 19.4 Å². The maximum Gasteiger partial charge on any atom is 0.164 e. The van der Waals surface area contributed by atoms with Crippen molar-refractivity contribution < 1.29 is 4.42 Å². The minimum absolute atomic E-state index is 0.630. The Labute approximate surface area is 370 Å². The van der Waals surface area contributed by atoms with Gasteiger partial charge >= 0.3 is 0 Å². The first-order chi connectivity index (χ1) is 31.7. The predicted octanol–water partition coefficient (Wildman–Crippen LogP) is 15.8. The van der Waals surface area contributed by atoms with Crippen LogP contribution in [0.4, 0.5) is 0 Å². The Hall–Kier alpha value is -8.19. The summed E-state index contributed by atoms with van der Waals surface area (Å²) in [6.45, 7) is 0.676. The molecule has 10 aromatic carbocycles. The zero-order chi connectivity index (χ0) is 41.9. The summed E-state index contributed by atoms with van der Waals surface area (Å²) in [4.78, 5) is 15.4. The highest BCUT2D eigenvalue weighted by molar-refractivity contribution is 7.25. The van der Waals surface area contributed by atoms with Crippen molar-refractivity contribution in [2.24, 2.45) is 0 Å². The second-order valence-corrected chi connectivity index (χ2v) is 17.8. The molecule has 0 atom stereocenters. The first-order valence-electron chi connectivity index (χ1n) is 21.6. The van der Waals surface area contributed by atoms with Gasteiger partial charge in [-0.1, -0.05) is 140 Å². The van der Waals surface area contributed by atoms with Gasteiger partial charge in [0, 0.05) is 70.3 Å². The molecule has 4 heterocycles. The van der Waals surface area contributed by atoms with Crippen LogP contribution >= 0.6 is 11.3 Å². The molecule has 14 rings (SSSR count). The Kier molecular flexibility index (Phi) is 7.55. The summed E-state index contributed by atoms with van der Waals surface area (Å²) < 4.78 is 11.7. The molecule has 0 fully saturated rings. The fraction of sp³-hybridized carbons (Fsp3) is 0.0172. The number of hydrogen-bond acceptors (Lipinski definition) is 5. The molecule has 0 N–H and O–H groups in total. The van der Waals surface area contributed by atoms with Gasteiger partial charge in [0.25, 0.3) is 0 Å². The first-order valence-corrected chi connectivity index (χ1v) is 22.4. The smallest absolute Gasteiger partial charge is 0.164 e. The quantitative estimate of drug-likeness (QED) is 0.173. The van der Waals surface area contributed by atoms with Crippen LogP contribution in [-0.4, -0.2) is 19.5 Å². The second kappa shape index (κ2) is 13.7. The lowest BCUT2D eigenvalue weighted by molar-refractivity contribution is 0.668. The van der Waals surface area contributed by atoms with Crippen LogP contribution in [0.1, 0.15) is 5.56 Å². The van der Waals surface area contributed by atoms with E-state index in [-0.39, 0.29) is 0 Å². The largest absolute Gasteiger partial charge is 0.456 e. The summed E-state index contributed by atoms with van der Waals surface area (Å²) in [7, 11) is 0. The molecule has 0 aliphatic heterocycles. The van der Waals surface area contributed by atoms with Crippen LogP contribution in [0.25, 0.3) is 130 Å². The zero-order valence-electron chi connectivity index (χ0n) is 34.3. The van der Waals surface area contributed by atoms with Gasteiger partial charge in [-0.05, 0) is 87.1 Å². The predicted molar refractivity (Wildman–Crippen MR) is 267 cm³/mol. The number of rotatable bonds is 5. The normalized spacial score (nSPS) is 12.1. The summed E-state index contributed by atoms with van der Waals surface area (Å²) >= 11 is 1.81. The number of fused-ring (bicyclic) bond motifs is 14. The van der Waals surface area contributed by atoms with Crippen LogP contribution in [-0.2, 0) is 6.54 Å². The molecule has 0 spiro atoms. The van der Waals surface area contributed by atoms with E-state index in [2.05, 4.69) is 180 Å². The highest BCUT2D eigenvalue weighted by Crippen LogP contribution is 2.42. The van der Waals surface area contributed by atoms with Gasteiger partial charge in [0.05, 0.1) is 11.0 Å². The Balaban J connectivity index is 0.944. The van der Waals surface area contributed by atoms with E-state index in [1.54, 1.807) is 0 Å². The van der Waals surface area contributed by atoms with Crippen molar-refractivity contribution in [3.05, 3.63) is 200 Å². The van der Waals surface area contributed by atoms with Crippen molar-refractivity contribution in [1.29, 1.82) is 0 Å². The highest BCUT2D eigenvalue weighted by Gasteiger charge is 2.20. The lowest BCUT2D eigenvalue weighted by atomic mass is 9.99. The first kappa shape index (κ1) is 35.4. The molecule has 4 aromatic heterocycles. The summed E-state index contributed by atoms with van der Waals surface area (Å²) in [6, 6.07) is 69.3. The standard InChI is InChI=1S/C58H34N4OS/c1-2-12-35(13-3-1)56-59-57(61-58(60-56)40-24-28-52-47(31-40)44-18-8-9-20-51(44)64-52)39-22-25-42-38(29-39)23-27-50-54(42)53-41(16-10-19-49(53)63-50)33-62-48-32-37-15-5-4-14-36(37)30-46(48)45-26-21-34-11-6-7-17-43(34)55(45)62/h1-32H,33H2. The molecular weight excluding hydrogens is 801 g/mol. The lowest BCUT2D eigenvalue weighted by Crippen LogP contribution is -2.00. The van der Waals surface area contributed by atoms with Gasteiger partial charge in [0.15, 0.2) is 17.5 Å². The van der Waals surface area contributed by atoms with Crippen molar-refractivity contribution in [3.63, 3.8) is 0 Å². The minimum Gasteiger partial charge on any atom is -0.456 e. The number of furan rings is 1. The van der Waals surface area contributed by atoms with Gasteiger partial charge in [-0.25, -0.2) is 15.0 Å². The number of aromatic nitrogens is 4. The molecule has 0 unspecified atom stereocenters. The van der Waals surface area contributed by atoms with Gasteiger partial charge in [-0.2, -0.15) is 0 Å². The van der Waals surface area contributed by atoms with Crippen molar-refractivity contribution in [1.82, 2.24) is 19.5 Å². The number of thiophene rings is 1. The van der Waals surface area contributed by atoms with E-state index in [9.17, 15) is 0 Å². The van der Waals surface area contributed by atoms with Crippen LogP contribution < -0.4 is 0 Å². The fourth-order valence-electron chi connectivity index (χ4n) is 10.1. The van der Waals surface area contributed by atoms with E-state index in [1.165, 1.54) is 69.1 Å². The van der Waals surface area contributed by atoms with Gasteiger partial charge in [0.1, 0.15) is 11.2 Å². The number of hydrogen-bond donors (Lipinski definition) is 0. The van der Waals surface area contributed by atoms with Crippen LogP contribution in [0.5, 0.6) is 0 Å². The fourth-order valence-corrected chi connectivity index (χ4v) is 11.2. The monoisotopic (exact) mass is 834 g/mol. The van der Waals surface area contributed by atoms with E-state index in [1.807, 2.05) is 29.5 Å². The summed E-state index contributed by atoms with van der Waals surface area (Å²) in [5.41, 5.74) is 8.25. The third-order valence-corrected chi connectivity index (χ3v) is 14.2. The lowest BCUT2D eigenvalue weighted by Gasteiger charge is -2.12. The maximum atomic E-state index is 6.68. The van der Waals surface area contributed by atoms with Crippen LogP contribution in [0, 0.1) is 0 Å². The zero-order valence-corrected chi connectivity index (χ0v) is 35.1. The average Bonchev–Trinajstić information content (AvgIpc) is 4.03. The van der Waals surface area contributed by atoms with Crippen LogP contribution in [0.2, 0.25) is 0 Å². The van der Waals surface area contributed by atoms with Crippen molar-refractivity contribution in [3.8, 4) is 34.2 Å². The average molecular weight is 835 g/mol. The van der Waals surface area contributed by atoms with Crippen molar-refractivity contribution >= 4 is 108 Å². The highest BCUT2D eigenvalue weighted by atomic mass is 32.1. The van der Waals surface area contributed by atoms with E-state index in [0.717, 1.165) is 49.4 Å².